The molecule has 0 saturated carbocycles. The zero-order valence-corrected chi connectivity index (χ0v) is 21.5. The minimum Gasteiger partial charge on any atom is -0.487 e. The molecule has 0 spiro atoms. The van der Waals surface area contributed by atoms with Crippen LogP contribution in [0.5, 0.6) is 5.75 Å². The van der Waals surface area contributed by atoms with Crippen molar-refractivity contribution in [1.29, 1.82) is 0 Å². The predicted molar refractivity (Wildman–Crippen MR) is 128 cm³/mol. The molecule has 1 aromatic rings. The molecule has 0 fully saturated rings. The molecule has 1 aliphatic rings. The molecule has 1 heterocycles. The Balaban J connectivity index is 2.53. The van der Waals surface area contributed by atoms with Gasteiger partial charge < -0.3 is 19.6 Å². The smallest absolute Gasteiger partial charge is 0.247 e. The number of carbonyl (C=O) groups is 1. The molecule has 2 rings (SSSR count). The van der Waals surface area contributed by atoms with Crippen molar-refractivity contribution in [3.8, 4) is 17.6 Å². The van der Waals surface area contributed by atoms with E-state index in [2.05, 4.69) is 11.8 Å². The molecule has 8 nitrogen and oxygen atoms in total. The number of aliphatic hydroxyl groups excluding tert-OH is 1. The lowest BCUT2D eigenvalue weighted by atomic mass is 10.0. The summed E-state index contributed by atoms with van der Waals surface area (Å²) in [6.07, 6.45) is -0.447. The lowest BCUT2D eigenvalue weighted by Crippen LogP contribution is -2.50. The van der Waals surface area contributed by atoms with Crippen LogP contribution in [0.25, 0.3) is 0 Å². The van der Waals surface area contributed by atoms with Crippen LogP contribution < -0.4 is 4.74 Å². The molecule has 0 aliphatic carbocycles. The Kier molecular flexibility index (Phi) is 9.32. The molecule has 0 unspecified atom stereocenters. The number of carbonyl (C=O) groups excluding carboxylic acids is 1. The van der Waals surface area contributed by atoms with E-state index in [-0.39, 0.29) is 48.1 Å². The van der Waals surface area contributed by atoms with Crippen molar-refractivity contribution in [3.63, 3.8) is 0 Å². The first-order valence-electron chi connectivity index (χ1n) is 11.2. The Labute approximate surface area is 198 Å². The van der Waals surface area contributed by atoms with Gasteiger partial charge in [-0.2, -0.15) is 4.31 Å². The lowest BCUT2D eigenvalue weighted by Gasteiger charge is -2.37. The quantitative estimate of drug-likeness (QED) is 0.622. The van der Waals surface area contributed by atoms with Crippen molar-refractivity contribution in [1.82, 2.24) is 14.1 Å². The summed E-state index contributed by atoms with van der Waals surface area (Å²) >= 11 is 0. The first-order valence-corrected chi connectivity index (χ1v) is 12.6. The Morgan fingerprint density at radius 3 is 2.52 bits per heavy atom. The molecule has 0 aromatic heterocycles. The Hall–Kier alpha value is -2.12. The van der Waals surface area contributed by atoms with E-state index >= 15 is 0 Å². The highest BCUT2D eigenvalue weighted by molar-refractivity contribution is 7.89. The molecule has 184 valence electrons. The number of benzene rings is 1. The van der Waals surface area contributed by atoms with Crippen molar-refractivity contribution < 1.29 is 23.1 Å². The maximum Gasteiger partial charge on any atom is 0.247 e. The molecule has 0 bridgehead atoms. The average molecular weight is 480 g/mol. The molecule has 1 amide bonds. The van der Waals surface area contributed by atoms with Crippen LogP contribution in [0.1, 0.15) is 33.3 Å². The Morgan fingerprint density at radius 1 is 1.27 bits per heavy atom. The third-order valence-electron chi connectivity index (χ3n) is 5.50. The van der Waals surface area contributed by atoms with Gasteiger partial charge in [0.25, 0.3) is 0 Å². The summed E-state index contributed by atoms with van der Waals surface area (Å²) in [4.78, 5) is 16.0. The summed E-state index contributed by atoms with van der Waals surface area (Å²) in [5.41, 5.74) is 0.656. The van der Waals surface area contributed by atoms with Gasteiger partial charge in [-0.25, -0.2) is 8.42 Å². The highest BCUT2D eigenvalue weighted by Gasteiger charge is 2.38. The van der Waals surface area contributed by atoms with Crippen LogP contribution >= 0.6 is 0 Å². The van der Waals surface area contributed by atoms with Gasteiger partial charge in [0, 0.05) is 37.0 Å². The topological polar surface area (TPSA) is 90.4 Å². The predicted octanol–water partition coefficient (Wildman–Crippen LogP) is 1.48. The minimum atomic E-state index is -3.91. The number of sulfonamides is 1. The number of rotatable bonds is 6. The van der Waals surface area contributed by atoms with Crippen molar-refractivity contribution in [2.45, 2.75) is 44.7 Å². The van der Waals surface area contributed by atoms with E-state index in [4.69, 9.17) is 4.74 Å². The maximum absolute atomic E-state index is 13.5. The lowest BCUT2D eigenvalue weighted by molar-refractivity contribution is -0.132. The fraction of sp³-hybridized carbons (Fsp3) is 0.625. The molecule has 0 saturated heterocycles. The zero-order valence-electron chi connectivity index (χ0n) is 20.7. The van der Waals surface area contributed by atoms with Gasteiger partial charge in [0.2, 0.25) is 15.9 Å². The molecule has 3 atom stereocenters. The van der Waals surface area contributed by atoms with Crippen molar-refractivity contribution >= 4 is 15.9 Å². The van der Waals surface area contributed by atoms with E-state index in [1.165, 1.54) is 10.4 Å². The molecule has 1 aliphatic heterocycles. The van der Waals surface area contributed by atoms with E-state index in [1.807, 2.05) is 34.9 Å². The van der Waals surface area contributed by atoms with Crippen LogP contribution in [0.15, 0.2) is 23.1 Å². The highest BCUT2D eigenvalue weighted by Crippen LogP contribution is 2.34. The third-order valence-corrected chi connectivity index (χ3v) is 7.52. The number of amides is 1. The first-order chi connectivity index (χ1) is 15.4. The maximum atomic E-state index is 13.5. The minimum absolute atomic E-state index is 0.0390. The van der Waals surface area contributed by atoms with Gasteiger partial charge in [0.05, 0.1) is 19.7 Å². The summed E-state index contributed by atoms with van der Waals surface area (Å²) in [5.74, 6) is 6.24. The van der Waals surface area contributed by atoms with Crippen molar-refractivity contribution in [2.75, 3.05) is 47.4 Å². The second-order valence-corrected chi connectivity index (χ2v) is 11.2. The summed E-state index contributed by atoms with van der Waals surface area (Å²) < 4.78 is 34.6. The molecule has 1 aromatic carbocycles. The van der Waals surface area contributed by atoms with Crippen LogP contribution in [0.3, 0.4) is 0 Å². The van der Waals surface area contributed by atoms with E-state index in [0.717, 1.165) is 0 Å². The Bertz CT molecular complexity index is 997. The fourth-order valence-corrected chi connectivity index (χ4v) is 5.34. The van der Waals surface area contributed by atoms with Gasteiger partial charge >= 0.3 is 0 Å². The van der Waals surface area contributed by atoms with Gasteiger partial charge in [-0.1, -0.05) is 32.6 Å². The van der Waals surface area contributed by atoms with Crippen LogP contribution in [-0.2, 0) is 14.8 Å². The SMILES string of the molecule is CC(C)C#Cc1ccc2c(c1)O[C@@H](CN(C)C(=O)CN(C)C)[C@H](C)CN([C@H](C)CO)S2(=O)=O. The van der Waals surface area contributed by atoms with Crippen LogP contribution in [0.2, 0.25) is 0 Å². The number of hydrogen-bond donors (Lipinski definition) is 1. The van der Waals surface area contributed by atoms with Gasteiger partial charge in [-0.3, -0.25) is 4.79 Å². The van der Waals surface area contributed by atoms with Crippen LogP contribution in [0.4, 0.5) is 0 Å². The van der Waals surface area contributed by atoms with Gasteiger partial charge in [0.1, 0.15) is 16.7 Å². The van der Waals surface area contributed by atoms with Crippen LogP contribution in [0, 0.1) is 23.7 Å². The molecule has 1 N–H and O–H groups in total. The fourth-order valence-electron chi connectivity index (χ4n) is 3.51. The highest BCUT2D eigenvalue weighted by atomic mass is 32.2. The van der Waals surface area contributed by atoms with E-state index in [1.54, 1.807) is 35.9 Å². The second-order valence-electron chi connectivity index (χ2n) is 9.34. The molecule has 33 heavy (non-hydrogen) atoms. The first kappa shape index (κ1) is 27.1. The largest absolute Gasteiger partial charge is 0.487 e. The molecular weight excluding hydrogens is 442 g/mol. The Morgan fingerprint density at radius 2 is 1.94 bits per heavy atom. The summed E-state index contributed by atoms with van der Waals surface area (Å²) in [7, 11) is 1.47. The average Bonchev–Trinajstić information content (AvgIpc) is 2.73. The van der Waals surface area contributed by atoms with E-state index < -0.39 is 22.2 Å². The summed E-state index contributed by atoms with van der Waals surface area (Å²) in [5, 5.41) is 9.74. The zero-order chi connectivity index (χ0) is 24.9. The molecule has 9 heteroatoms. The van der Waals surface area contributed by atoms with Gasteiger partial charge in [0.15, 0.2) is 0 Å². The van der Waals surface area contributed by atoms with Crippen molar-refractivity contribution in [2.24, 2.45) is 11.8 Å². The number of ether oxygens (including phenoxy) is 1. The summed E-state index contributed by atoms with van der Waals surface area (Å²) in [6, 6.07) is 4.23. The number of likely N-dealkylation sites (N-methyl/N-ethyl adjacent to an activating group) is 2. The standard InChI is InChI=1S/C24H37N3O5S/c1-17(2)8-9-20-10-11-23-21(12-20)32-22(14-26(7)24(29)15-25(5)6)18(3)13-27(19(4)16-28)33(23,30)31/h10-12,17-19,22,28H,13-16H2,1-7H3/t18-,19-,22+/m1/s1. The van der Waals surface area contributed by atoms with E-state index in [9.17, 15) is 18.3 Å². The summed E-state index contributed by atoms with van der Waals surface area (Å²) in [6.45, 7) is 7.97. The number of nitrogens with zero attached hydrogens (tertiary/aromatic N) is 3. The third kappa shape index (κ3) is 6.93. The molecule has 0 radical (unpaired) electrons. The monoisotopic (exact) mass is 479 g/mol. The van der Waals surface area contributed by atoms with E-state index in [0.29, 0.717) is 12.1 Å². The second kappa shape index (κ2) is 11.3. The van der Waals surface area contributed by atoms with Crippen LogP contribution in [-0.4, -0.2) is 93.1 Å². The number of fused-ring (bicyclic) bond motifs is 1. The van der Waals surface area contributed by atoms with Crippen molar-refractivity contribution in [3.05, 3.63) is 23.8 Å². The number of hydrogen-bond acceptors (Lipinski definition) is 6. The number of aliphatic hydroxyl groups is 1. The normalized spacial score (nSPS) is 21.3. The molecular formula is C24H37N3O5S. The van der Waals surface area contributed by atoms with Gasteiger partial charge in [-0.05, 0) is 39.2 Å². The van der Waals surface area contributed by atoms with Gasteiger partial charge in [-0.15, -0.1) is 0 Å².